The van der Waals surface area contributed by atoms with Crippen LogP contribution < -0.4 is 20.9 Å². The van der Waals surface area contributed by atoms with Crippen molar-refractivity contribution in [2.45, 2.75) is 19.4 Å². The normalized spacial score (nSPS) is 11.0. The zero-order valence-electron chi connectivity index (χ0n) is 13.2. The molecule has 2 amide bonds. The molecule has 2 aromatic rings. The molecule has 3 N–H and O–H groups in total. The van der Waals surface area contributed by atoms with Gasteiger partial charge in [0.25, 0.3) is 5.56 Å². The van der Waals surface area contributed by atoms with E-state index in [1.54, 1.807) is 13.8 Å². The van der Waals surface area contributed by atoms with E-state index in [-0.39, 0.29) is 11.6 Å². The summed E-state index contributed by atoms with van der Waals surface area (Å²) >= 11 is 0. The summed E-state index contributed by atoms with van der Waals surface area (Å²) in [6.45, 7) is 3.13. The van der Waals surface area contributed by atoms with E-state index in [2.05, 4.69) is 20.6 Å². The molecule has 1 aromatic carbocycles. The summed E-state index contributed by atoms with van der Waals surface area (Å²) < 4.78 is 31.9. The van der Waals surface area contributed by atoms with Gasteiger partial charge in [-0.1, -0.05) is 6.07 Å². The molecule has 1 heterocycles. The molecule has 128 valence electrons. The van der Waals surface area contributed by atoms with E-state index >= 15 is 0 Å². The Morgan fingerprint density at radius 3 is 2.46 bits per heavy atom. The van der Waals surface area contributed by atoms with Crippen LogP contribution in [0.1, 0.15) is 19.7 Å². The van der Waals surface area contributed by atoms with Crippen molar-refractivity contribution in [1.29, 1.82) is 0 Å². The topological polar surface area (TPSA) is 96.1 Å². The van der Waals surface area contributed by atoms with Crippen LogP contribution >= 0.6 is 0 Å². The number of hydrogen-bond acceptors (Lipinski definition) is 4. The SMILES string of the molecule is COc1cnc(C(C)(C)NC(=O)Nc2c(F)cccc2F)[nH]c1=O. The van der Waals surface area contributed by atoms with Crippen LogP contribution in [0.25, 0.3) is 0 Å². The van der Waals surface area contributed by atoms with Gasteiger partial charge in [-0.05, 0) is 26.0 Å². The first-order valence-corrected chi connectivity index (χ1v) is 6.91. The Morgan fingerprint density at radius 2 is 1.92 bits per heavy atom. The number of H-pyrrole nitrogens is 1. The van der Waals surface area contributed by atoms with Gasteiger partial charge in [0.1, 0.15) is 23.1 Å². The minimum absolute atomic E-state index is 0.0208. The van der Waals surface area contributed by atoms with Crippen LogP contribution in [0, 0.1) is 11.6 Å². The van der Waals surface area contributed by atoms with Gasteiger partial charge in [0.15, 0.2) is 0 Å². The number of benzene rings is 1. The summed E-state index contributed by atoms with van der Waals surface area (Å²) in [4.78, 5) is 30.2. The first kappa shape index (κ1) is 17.4. The van der Waals surface area contributed by atoms with Gasteiger partial charge < -0.3 is 20.4 Å². The number of carbonyl (C=O) groups is 1. The van der Waals surface area contributed by atoms with Crippen molar-refractivity contribution < 1.29 is 18.3 Å². The number of nitrogens with zero attached hydrogens (tertiary/aromatic N) is 1. The quantitative estimate of drug-likeness (QED) is 0.795. The highest BCUT2D eigenvalue weighted by Crippen LogP contribution is 2.19. The lowest BCUT2D eigenvalue weighted by atomic mass is 10.1. The predicted molar refractivity (Wildman–Crippen MR) is 82.9 cm³/mol. The maximum atomic E-state index is 13.5. The summed E-state index contributed by atoms with van der Waals surface area (Å²) in [6, 6.07) is 2.37. The highest BCUT2D eigenvalue weighted by atomic mass is 19.1. The first-order valence-electron chi connectivity index (χ1n) is 6.91. The molecule has 0 saturated carbocycles. The Hall–Kier alpha value is -2.97. The number of halogens is 2. The molecule has 0 aliphatic rings. The number of methoxy groups -OCH3 is 1. The van der Waals surface area contributed by atoms with Gasteiger partial charge in [0, 0.05) is 0 Å². The van der Waals surface area contributed by atoms with Crippen molar-refractivity contribution in [3.05, 3.63) is 52.2 Å². The van der Waals surface area contributed by atoms with Gasteiger partial charge in [-0.15, -0.1) is 0 Å². The van der Waals surface area contributed by atoms with E-state index in [1.807, 2.05) is 0 Å². The molecule has 9 heteroatoms. The standard InChI is InChI=1S/C15H16F2N4O3/c1-15(2,13-18-7-10(24-3)12(22)20-13)21-14(23)19-11-8(16)5-4-6-9(11)17/h4-7H,1-3H3,(H,18,20,22)(H2,19,21,23). The van der Waals surface area contributed by atoms with Crippen LogP contribution in [0.2, 0.25) is 0 Å². The largest absolute Gasteiger partial charge is 0.490 e. The second-order valence-corrected chi connectivity index (χ2v) is 5.43. The Labute approximate surface area is 136 Å². The number of anilines is 1. The molecule has 24 heavy (non-hydrogen) atoms. The van der Waals surface area contributed by atoms with Gasteiger partial charge in [0.2, 0.25) is 5.75 Å². The molecule has 2 rings (SSSR count). The smallest absolute Gasteiger partial charge is 0.320 e. The van der Waals surface area contributed by atoms with Crippen molar-refractivity contribution >= 4 is 11.7 Å². The monoisotopic (exact) mass is 338 g/mol. The molecule has 0 atom stereocenters. The summed E-state index contributed by atoms with van der Waals surface area (Å²) in [5.74, 6) is -1.64. The molecule has 1 aromatic heterocycles. The minimum atomic E-state index is -1.11. The van der Waals surface area contributed by atoms with E-state index in [4.69, 9.17) is 4.74 Å². The van der Waals surface area contributed by atoms with Gasteiger partial charge in [-0.3, -0.25) is 4.79 Å². The molecule has 0 radical (unpaired) electrons. The molecule has 0 unspecified atom stereocenters. The second-order valence-electron chi connectivity index (χ2n) is 5.43. The molecule has 0 aliphatic heterocycles. The van der Waals surface area contributed by atoms with Crippen molar-refractivity contribution in [3.8, 4) is 5.75 Å². The number of aromatic nitrogens is 2. The maximum Gasteiger partial charge on any atom is 0.320 e. The van der Waals surface area contributed by atoms with Crippen LogP contribution in [-0.4, -0.2) is 23.1 Å². The Kier molecular flexibility index (Phi) is 4.82. The number of aromatic amines is 1. The third-order valence-corrected chi connectivity index (χ3v) is 3.21. The van der Waals surface area contributed by atoms with E-state index in [0.29, 0.717) is 0 Å². The van der Waals surface area contributed by atoms with Crippen LogP contribution in [-0.2, 0) is 5.54 Å². The number of amides is 2. The Morgan fingerprint density at radius 1 is 1.29 bits per heavy atom. The van der Waals surface area contributed by atoms with Crippen molar-refractivity contribution in [3.63, 3.8) is 0 Å². The number of para-hydroxylation sites is 1. The van der Waals surface area contributed by atoms with E-state index < -0.39 is 34.5 Å². The van der Waals surface area contributed by atoms with E-state index in [0.717, 1.165) is 12.1 Å². The lowest BCUT2D eigenvalue weighted by molar-refractivity contribution is 0.240. The zero-order chi connectivity index (χ0) is 17.9. The number of hydrogen-bond donors (Lipinski definition) is 3. The fourth-order valence-corrected chi connectivity index (χ4v) is 1.95. The van der Waals surface area contributed by atoms with Gasteiger partial charge in [-0.2, -0.15) is 0 Å². The fourth-order valence-electron chi connectivity index (χ4n) is 1.95. The second kappa shape index (κ2) is 6.65. The number of ether oxygens (including phenoxy) is 1. The zero-order valence-corrected chi connectivity index (χ0v) is 13.2. The van der Waals surface area contributed by atoms with Gasteiger partial charge in [-0.25, -0.2) is 18.6 Å². The molecule has 0 aliphatic carbocycles. The molecule has 0 bridgehead atoms. The fraction of sp³-hybridized carbons (Fsp3) is 0.267. The number of carbonyl (C=O) groups excluding carboxylic acids is 1. The summed E-state index contributed by atoms with van der Waals surface area (Å²) in [5.41, 5.74) is -2.20. The first-order chi connectivity index (χ1) is 11.2. The Bertz CT molecular complexity index is 800. The average molecular weight is 338 g/mol. The molecule has 0 saturated heterocycles. The summed E-state index contributed by atoms with van der Waals surface area (Å²) in [6.07, 6.45) is 1.21. The van der Waals surface area contributed by atoms with E-state index in [1.165, 1.54) is 19.4 Å². The van der Waals surface area contributed by atoms with E-state index in [9.17, 15) is 18.4 Å². The third kappa shape index (κ3) is 3.67. The summed E-state index contributed by atoms with van der Waals surface area (Å²) in [7, 11) is 1.33. The lowest BCUT2D eigenvalue weighted by Gasteiger charge is -2.25. The molecular formula is C15H16F2N4O3. The lowest BCUT2D eigenvalue weighted by Crippen LogP contribution is -2.45. The highest BCUT2D eigenvalue weighted by Gasteiger charge is 2.27. The minimum Gasteiger partial charge on any atom is -0.490 e. The maximum absolute atomic E-state index is 13.5. The molecule has 0 fully saturated rings. The van der Waals surface area contributed by atoms with Gasteiger partial charge >= 0.3 is 6.03 Å². The molecule has 7 nitrogen and oxygen atoms in total. The van der Waals surface area contributed by atoms with Crippen molar-refractivity contribution in [2.75, 3.05) is 12.4 Å². The number of urea groups is 1. The van der Waals surface area contributed by atoms with Gasteiger partial charge in [0.05, 0.1) is 18.8 Å². The number of rotatable bonds is 4. The Balaban J connectivity index is 2.18. The van der Waals surface area contributed by atoms with Crippen molar-refractivity contribution in [1.82, 2.24) is 15.3 Å². The third-order valence-electron chi connectivity index (χ3n) is 3.21. The molecular weight excluding hydrogens is 322 g/mol. The van der Waals surface area contributed by atoms with Crippen LogP contribution in [0.5, 0.6) is 5.75 Å². The van der Waals surface area contributed by atoms with Crippen LogP contribution in [0.3, 0.4) is 0 Å². The number of nitrogens with one attached hydrogen (secondary N) is 3. The van der Waals surface area contributed by atoms with Crippen molar-refractivity contribution in [2.24, 2.45) is 0 Å². The van der Waals surface area contributed by atoms with Crippen LogP contribution in [0.4, 0.5) is 19.3 Å². The molecule has 0 spiro atoms. The average Bonchev–Trinajstić information content (AvgIpc) is 2.50. The van der Waals surface area contributed by atoms with Crippen LogP contribution in [0.15, 0.2) is 29.2 Å². The summed E-state index contributed by atoms with van der Waals surface area (Å²) in [5, 5.41) is 4.58. The predicted octanol–water partition coefficient (Wildman–Crippen LogP) is 2.11. The highest BCUT2D eigenvalue weighted by molar-refractivity contribution is 5.90.